The van der Waals surface area contributed by atoms with E-state index in [1.807, 2.05) is 19.1 Å². The fourth-order valence-corrected chi connectivity index (χ4v) is 2.83. The maximum atomic E-state index is 12.7. The number of pyridine rings is 1. The molecule has 1 aromatic heterocycles. The standard InChI is InChI=1S/C21H22ClN3O3/c1-3-28-21-18(22)12-16(13-19(21)27-2)7-8-20(26)25(11-5-9-23)15-17-6-4-10-24-14-17/h4,6-8,10,12-14H,3,5,11,15H2,1-2H3. The smallest absolute Gasteiger partial charge is 0.246 e. The Hall–Kier alpha value is -3.04. The van der Waals surface area contributed by atoms with Crippen LogP contribution in [0, 0.1) is 11.3 Å². The van der Waals surface area contributed by atoms with E-state index in [0.717, 1.165) is 5.56 Å². The summed E-state index contributed by atoms with van der Waals surface area (Å²) in [5, 5.41) is 9.28. The molecule has 0 fully saturated rings. The van der Waals surface area contributed by atoms with Crippen LogP contribution in [0.1, 0.15) is 24.5 Å². The lowest BCUT2D eigenvalue weighted by atomic mass is 10.1. The zero-order valence-electron chi connectivity index (χ0n) is 15.9. The summed E-state index contributed by atoms with van der Waals surface area (Å²) in [5.41, 5.74) is 1.60. The Morgan fingerprint density at radius 1 is 1.43 bits per heavy atom. The quantitative estimate of drug-likeness (QED) is 0.593. The third-order valence-electron chi connectivity index (χ3n) is 3.86. The van der Waals surface area contributed by atoms with Gasteiger partial charge in [0.05, 0.1) is 31.2 Å². The van der Waals surface area contributed by atoms with E-state index in [-0.39, 0.29) is 12.3 Å². The number of halogens is 1. The molecule has 28 heavy (non-hydrogen) atoms. The highest BCUT2D eigenvalue weighted by Crippen LogP contribution is 2.36. The van der Waals surface area contributed by atoms with Crippen LogP contribution in [0.15, 0.2) is 42.7 Å². The number of methoxy groups -OCH3 is 1. The number of aromatic nitrogens is 1. The first-order valence-corrected chi connectivity index (χ1v) is 9.20. The number of amides is 1. The minimum Gasteiger partial charge on any atom is -0.493 e. The Labute approximate surface area is 170 Å². The Bertz CT molecular complexity index is 863. The fourth-order valence-electron chi connectivity index (χ4n) is 2.56. The molecule has 0 unspecified atom stereocenters. The highest BCUT2D eigenvalue weighted by atomic mass is 35.5. The second kappa shape index (κ2) is 11.0. The third kappa shape index (κ3) is 6.00. The molecule has 146 valence electrons. The first-order chi connectivity index (χ1) is 13.6. The molecule has 0 spiro atoms. The maximum absolute atomic E-state index is 12.7. The first-order valence-electron chi connectivity index (χ1n) is 8.82. The SMILES string of the molecule is CCOc1c(Cl)cc(C=CC(=O)N(CCC#N)Cc2cccnc2)cc1OC. The highest BCUT2D eigenvalue weighted by Gasteiger charge is 2.13. The van der Waals surface area contributed by atoms with Crippen LogP contribution in [0.3, 0.4) is 0 Å². The number of benzene rings is 1. The number of rotatable bonds is 9. The van der Waals surface area contributed by atoms with Crippen molar-refractivity contribution in [1.82, 2.24) is 9.88 Å². The van der Waals surface area contributed by atoms with Crippen LogP contribution in [-0.2, 0) is 11.3 Å². The zero-order valence-corrected chi connectivity index (χ0v) is 16.6. The monoisotopic (exact) mass is 399 g/mol. The molecule has 0 bridgehead atoms. The lowest BCUT2D eigenvalue weighted by molar-refractivity contribution is -0.126. The van der Waals surface area contributed by atoms with Crippen LogP contribution in [0.2, 0.25) is 5.02 Å². The van der Waals surface area contributed by atoms with E-state index in [4.69, 9.17) is 26.3 Å². The van der Waals surface area contributed by atoms with Gasteiger partial charge in [0.25, 0.3) is 0 Å². The van der Waals surface area contributed by atoms with E-state index in [0.29, 0.717) is 41.8 Å². The summed E-state index contributed by atoms with van der Waals surface area (Å²) in [6.45, 7) is 3.04. The first kappa shape index (κ1) is 21.3. The second-order valence-electron chi connectivity index (χ2n) is 5.83. The highest BCUT2D eigenvalue weighted by molar-refractivity contribution is 6.32. The third-order valence-corrected chi connectivity index (χ3v) is 4.14. The van der Waals surface area contributed by atoms with E-state index >= 15 is 0 Å². The molecule has 0 atom stereocenters. The number of carbonyl (C=O) groups excluding carboxylic acids is 1. The summed E-state index contributed by atoms with van der Waals surface area (Å²) in [7, 11) is 1.53. The van der Waals surface area contributed by atoms with Crippen molar-refractivity contribution in [2.75, 3.05) is 20.3 Å². The van der Waals surface area contributed by atoms with Crippen LogP contribution in [0.5, 0.6) is 11.5 Å². The van der Waals surface area contributed by atoms with Crippen molar-refractivity contribution in [2.45, 2.75) is 19.9 Å². The van der Waals surface area contributed by atoms with Gasteiger partial charge in [-0.25, -0.2) is 0 Å². The molecule has 0 aliphatic heterocycles. The van der Waals surface area contributed by atoms with Crippen LogP contribution in [0.4, 0.5) is 0 Å². The molecule has 1 amide bonds. The van der Waals surface area contributed by atoms with Crippen molar-refractivity contribution in [3.63, 3.8) is 0 Å². The van der Waals surface area contributed by atoms with Crippen molar-refractivity contribution in [2.24, 2.45) is 0 Å². The van der Waals surface area contributed by atoms with E-state index < -0.39 is 0 Å². The van der Waals surface area contributed by atoms with E-state index in [1.54, 1.807) is 35.5 Å². The summed E-state index contributed by atoms with van der Waals surface area (Å²) in [4.78, 5) is 18.3. The van der Waals surface area contributed by atoms with Gasteiger partial charge in [-0.3, -0.25) is 9.78 Å². The molecule has 7 heteroatoms. The lowest BCUT2D eigenvalue weighted by Gasteiger charge is -2.20. The number of ether oxygens (including phenoxy) is 2. The predicted molar refractivity (Wildman–Crippen MR) is 108 cm³/mol. The van der Waals surface area contributed by atoms with Crippen LogP contribution in [-0.4, -0.2) is 36.1 Å². The van der Waals surface area contributed by atoms with Crippen molar-refractivity contribution in [3.05, 3.63) is 58.9 Å². The normalized spacial score (nSPS) is 10.5. The van der Waals surface area contributed by atoms with E-state index in [9.17, 15) is 4.79 Å². The molecule has 0 N–H and O–H groups in total. The molecule has 0 saturated heterocycles. The molecule has 0 radical (unpaired) electrons. The van der Waals surface area contributed by atoms with Gasteiger partial charge in [-0.2, -0.15) is 5.26 Å². The summed E-state index contributed by atoms with van der Waals surface area (Å²) in [6, 6.07) is 9.23. The Morgan fingerprint density at radius 2 is 2.25 bits per heavy atom. The summed E-state index contributed by atoms with van der Waals surface area (Å²) in [5.74, 6) is 0.767. The van der Waals surface area contributed by atoms with Gasteiger partial charge in [-0.05, 0) is 42.3 Å². The van der Waals surface area contributed by atoms with Gasteiger partial charge in [0.1, 0.15) is 0 Å². The molecule has 0 aliphatic carbocycles. The number of nitrogens with zero attached hydrogens (tertiary/aromatic N) is 3. The minimum absolute atomic E-state index is 0.205. The Balaban J connectivity index is 2.18. The van der Waals surface area contributed by atoms with E-state index in [1.165, 1.54) is 13.2 Å². The molecular formula is C21H22ClN3O3. The van der Waals surface area contributed by atoms with Gasteiger partial charge < -0.3 is 14.4 Å². The topological polar surface area (TPSA) is 75.5 Å². The van der Waals surface area contributed by atoms with Crippen LogP contribution < -0.4 is 9.47 Å². The summed E-state index contributed by atoms with van der Waals surface area (Å²) < 4.78 is 10.8. The van der Waals surface area contributed by atoms with Gasteiger partial charge in [0, 0.05) is 31.6 Å². The number of hydrogen-bond acceptors (Lipinski definition) is 5. The number of carbonyl (C=O) groups is 1. The average Bonchev–Trinajstić information content (AvgIpc) is 2.71. The minimum atomic E-state index is -0.205. The largest absolute Gasteiger partial charge is 0.493 e. The zero-order chi connectivity index (χ0) is 20.4. The molecule has 0 aliphatic rings. The van der Waals surface area contributed by atoms with Crippen LogP contribution >= 0.6 is 11.6 Å². The summed E-state index contributed by atoms with van der Waals surface area (Å²) >= 11 is 6.27. The van der Waals surface area contributed by atoms with Crippen molar-refractivity contribution in [3.8, 4) is 17.6 Å². The summed E-state index contributed by atoms with van der Waals surface area (Å²) in [6.07, 6.45) is 6.75. The molecule has 1 aromatic carbocycles. The van der Waals surface area contributed by atoms with E-state index in [2.05, 4.69) is 11.1 Å². The van der Waals surface area contributed by atoms with Crippen LogP contribution in [0.25, 0.3) is 6.08 Å². The molecular weight excluding hydrogens is 378 g/mol. The second-order valence-corrected chi connectivity index (χ2v) is 6.24. The van der Waals surface area contributed by atoms with Gasteiger partial charge in [0.2, 0.25) is 5.91 Å². The molecule has 1 heterocycles. The van der Waals surface area contributed by atoms with Crippen molar-refractivity contribution in [1.29, 1.82) is 5.26 Å². The number of nitriles is 1. The molecule has 2 aromatic rings. The fraction of sp³-hybridized carbons (Fsp3) is 0.286. The van der Waals surface area contributed by atoms with Gasteiger partial charge in [-0.15, -0.1) is 0 Å². The van der Waals surface area contributed by atoms with Gasteiger partial charge in [0.15, 0.2) is 11.5 Å². The maximum Gasteiger partial charge on any atom is 0.246 e. The van der Waals surface area contributed by atoms with Gasteiger partial charge >= 0.3 is 0 Å². The molecule has 6 nitrogen and oxygen atoms in total. The Kier molecular flexibility index (Phi) is 8.32. The lowest BCUT2D eigenvalue weighted by Crippen LogP contribution is -2.29. The molecule has 2 rings (SSSR count). The average molecular weight is 400 g/mol. The number of hydrogen-bond donors (Lipinski definition) is 0. The van der Waals surface area contributed by atoms with Gasteiger partial charge in [-0.1, -0.05) is 17.7 Å². The van der Waals surface area contributed by atoms with Crippen molar-refractivity contribution < 1.29 is 14.3 Å². The Morgan fingerprint density at radius 3 is 2.89 bits per heavy atom. The molecule has 0 saturated carbocycles. The predicted octanol–water partition coefficient (Wildman–Crippen LogP) is 4.10. The van der Waals surface area contributed by atoms with Crippen molar-refractivity contribution >= 4 is 23.6 Å².